The summed E-state index contributed by atoms with van der Waals surface area (Å²) < 4.78 is 22.2. The van der Waals surface area contributed by atoms with Crippen molar-refractivity contribution in [1.29, 1.82) is 0 Å². The lowest BCUT2D eigenvalue weighted by molar-refractivity contribution is -0.197. The molecule has 6 atom stereocenters. The van der Waals surface area contributed by atoms with Crippen LogP contribution in [0, 0.1) is 12.3 Å². The SMILES string of the molecule is C#C/C=C\C[C@H]1OC(C(CC)OC(C)=O)C[C@@H](OC(C)=O)[C@H](O)C[C@H]1OC(C)=O. The van der Waals surface area contributed by atoms with Crippen LogP contribution in [0.3, 0.4) is 0 Å². The first-order chi connectivity index (χ1) is 13.7. The maximum atomic E-state index is 11.6. The smallest absolute Gasteiger partial charge is 0.302 e. The summed E-state index contributed by atoms with van der Waals surface area (Å²) in [5.41, 5.74) is 0. The van der Waals surface area contributed by atoms with E-state index in [1.807, 2.05) is 6.92 Å². The highest BCUT2D eigenvalue weighted by Gasteiger charge is 2.40. The molecule has 1 fully saturated rings. The molecule has 2 unspecified atom stereocenters. The second-order valence-electron chi connectivity index (χ2n) is 6.91. The van der Waals surface area contributed by atoms with E-state index in [1.165, 1.54) is 26.8 Å². The van der Waals surface area contributed by atoms with Gasteiger partial charge in [-0.05, 0) is 18.9 Å². The summed E-state index contributed by atoms with van der Waals surface area (Å²) in [6.07, 6.45) is 4.59. The van der Waals surface area contributed by atoms with E-state index in [9.17, 15) is 19.5 Å². The van der Waals surface area contributed by atoms with Gasteiger partial charge in [0.15, 0.2) is 0 Å². The van der Waals surface area contributed by atoms with Gasteiger partial charge in [-0.2, -0.15) is 0 Å². The Bertz CT molecular complexity index is 635. The van der Waals surface area contributed by atoms with Gasteiger partial charge in [0.1, 0.15) is 18.3 Å². The van der Waals surface area contributed by atoms with Crippen LogP contribution in [-0.2, 0) is 33.3 Å². The van der Waals surface area contributed by atoms with Crippen LogP contribution in [0.15, 0.2) is 12.2 Å². The van der Waals surface area contributed by atoms with E-state index < -0.39 is 54.5 Å². The Kier molecular flexibility index (Phi) is 10.4. The topological polar surface area (TPSA) is 108 Å². The molecule has 0 bridgehead atoms. The molecule has 0 aromatic heterocycles. The second-order valence-corrected chi connectivity index (χ2v) is 6.91. The van der Waals surface area contributed by atoms with Gasteiger partial charge in [-0.3, -0.25) is 14.4 Å². The zero-order valence-electron chi connectivity index (χ0n) is 17.3. The van der Waals surface area contributed by atoms with Gasteiger partial charge >= 0.3 is 17.9 Å². The normalized spacial score (nSPS) is 28.5. The zero-order valence-corrected chi connectivity index (χ0v) is 17.3. The fourth-order valence-corrected chi connectivity index (χ4v) is 3.32. The number of rotatable bonds is 7. The quantitative estimate of drug-likeness (QED) is 0.384. The molecule has 0 aliphatic carbocycles. The van der Waals surface area contributed by atoms with Gasteiger partial charge in [0, 0.05) is 33.6 Å². The third-order valence-electron chi connectivity index (χ3n) is 4.48. The summed E-state index contributed by atoms with van der Waals surface area (Å²) in [6, 6.07) is 0. The molecule has 0 saturated carbocycles. The number of aliphatic hydroxyl groups excluding tert-OH is 1. The van der Waals surface area contributed by atoms with Crippen molar-refractivity contribution in [3.63, 3.8) is 0 Å². The summed E-state index contributed by atoms with van der Waals surface area (Å²) in [4.78, 5) is 34.6. The van der Waals surface area contributed by atoms with E-state index in [0.717, 1.165) is 0 Å². The molecule has 0 spiro atoms. The van der Waals surface area contributed by atoms with Gasteiger partial charge in [-0.15, -0.1) is 6.42 Å². The first-order valence-electron chi connectivity index (χ1n) is 9.64. The van der Waals surface area contributed by atoms with Crippen LogP contribution in [0.2, 0.25) is 0 Å². The van der Waals surface area contributed by atoms with Crippen molar-refractivity contribution in [2.24, 2.45) is 0 Å². The largest absolute Gasteiger partial charge is 0.460 e. The fraction of sp³-hybridized carbons (Fsp3) is 0.667. The second kappa shape index (κ2) is 12.2. The molecule has 8 nitrogen and oxygen atoms in total. The highest BCUT2D eigenvalue weighted by atomic mass is 16.6. The number of allylic oxidation sites excluding steroid dienone is 1. The minimum absolute atomic E-state index is 0.0170. The van der Waals surface area contributed by atoms with Gasteiger partial charge in [0.05, 0.1) is 18.3 Å². The Morgan fingerprint density at radius 1 is 1.14 bits per heavy atom. The molecule has 1 heterocycles. The maximum absolute atomic E-state index is 11.6. The number of aliphatic hydroxyl groups is 1. The molecule has 0 amide bonds. The van der Waals surface area contributed by atoms with E-state index >= 15 is 0 Å². The molecule has 0 aromatic carbocycles. The average molecular weight is 410 g/mol. The Morgan fingerprint density at radius 2 is 1.76 bits per heavy atom. The molecular formula is C21H30O8. The first-order valence-corrected chi connectivity index (χ1v) is 9.64. The van der Waals surface area contributed by atoms with Gasteiger partial charge in [0.25, 0.3) is 0 Å². The average Bonchev–Trinajstić information content (AvgIpc) is 2.61. The van der Waals surface area contributed by atoms with Crippen molar-refractivity contribution in [2.45, 2.75) is 90.0 Å². The number of terminal acetylenes is 1. The van der Waals surface area contributed by atoms with Gasteiger partial charge in [0.2, 0.25) is 0 Å². The van der Waals surface area contributed by atoms with E-state index in [1.54, 1.807) is 6.08 Å². The Hall–Kier alpha value is -2.37. The van der Waals surface area contributed by atoms with Crippen LogP contribution >= 0.6 is 0 Å². The molecule has 29 heavy (non-hydrogen) atoms. The fourth-order valence-electron chi connectivity index (χ4n) is 3.32. The highest BCUT2D eigenvalue weighted by Crippen LogP contribution is 2.29. The predicted molar refractivity (Wildman–Crippen MR) is 103 cm³/mol. The van der Waals surface area contributed by atoms with Crippen LogP contribution in [0.25, 0.3) is 0 Å². The zero-order chi connectivity index (χ0) is 22.0. The maximum Gasteiger partial charge on any atom is 0.302 e. The minimum Gasteiger partial charge on any atom is -0.460 e. The predicted octanol–water partition coefficient (Wildman–Crippen LogP) is 1.68. The molecule has 1 aliphatic rings. The summed E-state index contributed by atoms with van der Waals surface area (Å²) in [6.45, 7) is 5.61. The van der Waals surface area contributed by atoms with E-state index in [4.69, 9.17) is 25.4 Å². The number of ether oxygens (including phenoxy) is 4. The number of carbonyl (C=O) groups is 3. The van der Waals surface area contributed by atoms with Crippen LogP contribution in [-0.4, -0.2) is 59.6 Å². The molecule has 1 N–H and O–H groups in total. The van der Waals surface area contributed by atoms with Crippen LogP contribution < -0.4 is 0 Å². The van der Waals surface area contributed by atoms with Crippen molar-refractivity contribution in [3.05, 3.63) is 12.2 Å². The summed E-state index contributed by atoms with van der Waals surface area (Å²) >= 11 is 0. The number of hydrogen-bond donors (Lipinski definition) is 1. The van der Waals surface area contributed by atoms with Crippen molar-refractivity contribution in [1.82, 2.24) is 0 Å². The molecule has 0 aromatic rings. The van der Waals surface area contributed by atoms with Gasteiger partial charge < -0.3 is 24.1 Å². The van der Waals surface area contributed by atoms with Crippen LogP contribution in [0.1, 0.15) is 53.4 Å². The highest BCUT2D eigenvalue weighted by molar-refractivity contribution is 5.67. The third kappa shape index (κ3) is 8.67. The lowest BCUT2D eigenvalue weighted by atomic mass is 9.92. The Balaban J connectivity index is 3.25. The number of esters is 3. The first kappa shape index (κ1) is 24.7. The van der Waals surface area contributed by atoms with Crippen molar-refractivity contribution >= 4 is 17.9 Å². The number of hydrogen-bond acceptors (Lipinski definition) is 8. The Labute approximate surface area is 171 Å². The van der Waals surface area contributed by atoms with Crippen LogP contribution in [0.4, 0.5) is 0 Å². The van der Waals surface area contributed by atoms with Gasteiger partial charge in [-0.1, -0.05) is 18.9 Å². The monoisotopic (exact) mass is 410 g/mol. The summed E-state index contributed by atoms with van der Waals surface area (Å²) in [5, 5.41) is 10.7. The van der Waals surface area contributed by atoms with Crippen molar-refractivity contribution < 1.29 is 38.4 Å². The van der Waals surface area contributed by atoms with E-state index in [2.05, 4.69) is 5.92 Å². The lowest BCUT2D eigenvalue weighted by Gasteiger charge is -2.39. The molecular weight excluding hydrogens is 380 g/mol. The molecule has 1 rings (SSSR count). The van der Waals surface area contributed by atoms with Crippen molar-refractivity contribution in [3.8, 4) is 12.3 Å². The lowest BCUT2D eigenvalue weighted by Crippen LogP contribution is -2.50. The van der Waals surface area contributed by atoms with Gasteiger partial charge in [-0.25, -0.2) is 0 Å². The molecule has 0 radical (unpaired) electrons. The summed E-state index contributed by atoms with van der Waals surface area (Å²) in [5.74, 6) is 0.800. The molecule has 1 aliphatic heterocycles. The molecule has 1 saturated heterocycles. The standard InChI is InChI=1S/C21H30O8/c1-6-8-9-10-18-20(28-15(5)24)11-16(25)19(27-14(4)23)12-21(29-18)17(7-2)26-13(3)22/h1,8-9,16-21,25H,7,10-12H2,2-5H3/b9-8-/t16-,17?,18-,19-,20-,21?/m1/s1. The van der Waals surface area contributed by atoms with E-state index in [0.29, 0.717) is 12.8 Å². The molecule has 162 valence electrons. The summed E-state index contributed by atoms with van der Waals surface area (Å²) in [7, 11) is 0. The third-order valence-corrected chi connectivity index (χ3v) is 4.48. The number of carbonyl (C=O) groups excluding carboxylic acids is 3. The molecule has 8 heteroatoms. The van der Waals surface area contributed by atoms with Crippen LogP contribution in [0.5, 0.6) is 0 Å². The Morgan fingerprint density at radius 3 is 2.28 bits per heavy atom. The van der Waals surface area contributed by atoms with Crippen molar-refractivity contribution in [2.75, 3.05) is 0 Å². The van der Waals surface area contributed by atoms with E-state index in [-0.39, 0.29) is 12.8 Å². The minimum atomic E-state index is -1.09.